The first-order valence-electron chi connectivity index (χ1n) is 16.1. The Labute approximate surface area is 298 Å². The highest BCUT2D eigenvalue weighted by Gasteiger charge is 2.23. The number of piperidine rings is 2. The van der Waals surface area contributed by atoms with Crippen LogP contribution in [0.2, 0.25) is 0 Å². The molecule has 2 aromatic heterocycles. The molecule has 2 aliphatic rings. The van der Waals surface area contributed by atoms with Crippen LogP contribution in [0.25, 0.3) is 20.2 Å². The van der Waals surface area contributed by atoms with Gasteiger partial charge in [0.25, 0.3) is 0 Å². The van der Waals surface area contributed by atoms with Crippen molar-refractivity contribution in [1.29, 1.82) is 5.26 Å². The number of hydrogen-bond donors (Lipinski definition) is 6. The molecule has 50 heavy (non-hydrogen) atoms. The number of carbonyl (C=O) groups is 3. The van der Waals surface area contributed by atoms with Gasteiger partial charge in [-0.05, 0) is 134 Å². The molecule has 0 radical (unpaired) electrons. The summed E-state index contributed by atoms with van der Waals surface area (Å²) >= 11 is 3.56. The summed E-state index contributed by atoms with van der Waals surface area (Å²) in [6.45, 7) is 11.7. The van der Waals surface area contributed by atoms with Crippen LogP contribution in [0.15, 0.2) is 47.2 Å². The van der Waals surface area contributed by atoms with Gasteiger partial charge in [0.15, 0.2) is 0 Å². The van der Waals surface area contributed by atoms with Crippen LogP contribution in [0.4, 0.5) is 5.69 Å². The predicted octanol–water partition coefficient (Wildman–Crippen LogP) is 5.87. The molecule has 0 atom stereocenters. The van der Waals surface area contributed by atoms with E-state index in [4.69, 9.17) is 44.3 Å². The average Bonchev–Trinajstić information content (AvgIpc) is 3.72. The Morgan fingerprint density at radius 3 is 1.64 bits per heavy atom. The third-order valence-electron chi connectivity index (χ3n) is 8.70. The number of thiophene rings is 2. The number of carbonyl (C=O) groups excluding carboxylic acids is 1. The van der Waals surface area contributed by atoms with E-state index in [-0.39, 0.29) is 0 Å². The van der Waals surface area contributed by atoms with Crippen molar-refractivity contribution in [3.05, 3.63) is 63.8 Å². The number of amides is 1. The summed E-state index contributed by atoms with van der Waals surface area (Å²) in [5.74, 6) is -2.26. The number of nitrogens with zero attached hydrogens (tertiary/aromatic N) is 3. The van der Waals surface area contributed by atoms with Crippen molar-refractivity contribution < 1.29 is 43.8 Å². The van der Waals surface area contributed by atoms with E-state index < -0.39 is 19.8 Å². The quantitative estimate of drug-likeness (QED) is 0.0777. The van der Waals surface area contributed by atoms with Crippen molar-refractivity contribution in [1.82, 2.24) is 9.80 Å². The molecule has 2 fully saturated rings. The SMILES string of the molecule is CCN1CCC(c2csc3cc(C#N)ccc23)CC1.CCN1CCC(c2csc3cc(NC=O)ccc23)CC1.O=C(O)C(=O)O.O=P(O)(O)O. The number of likely N-dealkylation sites (tertiary alicyclic amines) is 2. The molecule has 2 saturated heterocycles. The van der Waals surface area contributed by atoms with Crippen LogP contribution in [-0.4, -0.2) is 92.3 Å². The number of fused-ring (bicyclic) bond motifs is 2. The Bertz CT molecular complexity index is 1800. The van der Waals surface area contributed by atoms with Gasteiger partial charge < -0.3 is 40.0 Å². The van der Waals surface area contributed by atoms with E-state index in [2.05, 4.69) is 64.0 Å². The molecular weight excluding hydrogens is 704 g/mol. The number of carboxylic acids is 2. The van der Waals surface area contributed by atoms with Crippen molar-refractivity contribution in [2.24, 2.45) is 0 Å². The lowest BCUT2D eigenvalue weighted by atomic mass is 9.89. The minimum Gasteiger partial charge on any atom is -0.473 e. The van der Waals surface area contributed by atoms with Crippen LogP contribution in [0.1, 0.15) is 68.1 Å². The second-order valence-corrected chi connectivity index (χ2v) is 14.6. The highest BCUT2D eigenvalue weighted by Crippen LogP contribution is 2.38. The number of rotatable bonds is 6. The highest BCUT2D eigenvalue weighted by molar-refractivity contribution is 7.45. The van der Waals surface area contributed by atoms with E-state index in [1.54, 1.807) is 22.7 Å². The van der Waals surface area contributed by atoms with E-state index in [0.29, 0.717) is 11.8 Å². The molecule has 270 valence electrons. The number of hydrogen-bond acceptors (Lipinski definition) is 9. The molecule has 6 N–H and O–H groups in total. The van der Waals surface area contributed by atoms with Gasteiger partial charge in [0.1, 0.15) is 0 Å². The number of phosphoric acid groups is 1. The van der Waals surface area contributed by atoms with Crippen LogP contribution >= 0.6 is 30.5 Å². The van der Waals surface area contributed by atoms with Crippen molar-refractivity contribution in [3.63, 3.8) is 0 Å². The average molecular weight is 747 g/mol. The van der Waals surface area contributed by atoms with Gasteiger partial charge in [0.2, 0.25) is 6.41 Å². The van der Waals surface area contributed by atoms with Crippen LogP contribution in [0.5, 0.6) is 0 Å². The Morgan fingerprint density at radius 2 is 1.26 bits per heavy atom. The Hall–Kier alpha value is -3.71. The largest absolute Gasteiger partial charge is 0.473 e. The maximum Gasteiger partial charge on any atom is 0.466 e. The minimum absolute atomic E-state index is 0.691. The lowest BCUT2D eigenvalue weighted by Crippen LogP contribution is -2.32. The monoisotopic (exact) mass is 746 g/mol. The lowest BCUT2D eigenvalue weighted by Gasteiger charge is -2.31. The van der Waals surface area contributed by atoms with Gasteiger partial charge in [-0.25, -0.2) is 14.2 Å². The number of nitrogens with one attached hydrogen (secondary N) is 1. The third kappa shape index (κ3) is 12.6. The zero-order valence-electron chi connectivity index (χ0n) is 27.9. The van der Waals surface area contributed by atoms with Gasteiger partial charge >= 0.3 is 19.8 Å². The van der Waals surface area contributed by atoms with Gasteiger partial charge in [-0.2, -0.15) is 5.26 Å². The highest BCUT2D eigenvalue weighted by atomic mass is 32.1. The number of carboxylic acid groups (broad SMARTS) is 2. The number of anilines is 1. The molecule has 13 nitrogen and oxygen atoms in total. The molecule has 4 heterocycles. The summed E-state index contributed by atoms with van der Waals surface area (Å²) in [4.78, 5) is 55.3. The summed E-state index contributed by atoms with van der Waals surface area (Å²) in [7, 11) is -4.64. The molecule has 6 rings (SSSR count). The molecule has 4 aromatic rings. The summed E-state index contributed by atoms with van der Waals surface area (Å²) < 4.78 is 11.4. The molecule has 2 aromatic carbocycles. The fourth-order valence-corrected chi connectivity index (χ4v) is 8.24. The zero-order valence-corrected chi connectivity index (χ0v) is 30.4. The molecule has 0 spiro atoms. The van der Waals surface area contributed by atoms with Gasteiger partial charge in [-0.1, -0.05) is 26.0 Å². The van der Waals surface area contributed by atoms with Crippen molar-refractivity contribution >= 4 is 74.7 Å². The number of benzene rings is 2. The molecule has 2 aliphatic heterocycles. The maximum atomic E-state index is 10.5. The molecule has 0 saturated carbocycles. The van der Waals surface area contributed by atoms with Crippen molar-refractivity contribution in [2.45, 2.75) is 51.4 Å². The smallest absolute Gasteiger partial charge is 0.466 e. The molecule has 1 amide bonds. The summed E-state index contributed by atoms with van der Waals surface area (Å²) in [6.07, 6.45) is 5.78. The zero-order chi connectivity index (χ0) is 36.8. The molecule has 0 aliphatic carbocycles. The number of aliphatic carboxylic acids is 2. The number of nitriles is 1. The maximum absolute atomic E-state index is 10.5. The summed E-state index contributed by atoms with van der Waals surface area (Å²) in [5.41, 5.74) is 4.64. The van der Waals surface area contributed by atoms with Crippen LogP contribution in [0, 0.1) is 11.3 Å². The Kier molecular flexibility index (Phi) is 16.0. The van der Waals surface area contributed by atoms with E-state index in [9.17, 15) is 4.79 Å². The fraction of sp³-hybridized carbons (Fsp3) is 0.412. The minimum atomic E-state index is -4.64. The molecular formula is C34H43N4O9PS2. The summed E-state index contributed by atoms with van der Waals surface area (Å²) in [6, 6.07) is 14.5. The molecule has 0 unspecified atom stereocenters. The normalized spacial score (nSPS) is 15.8. The van der Waals surface area contributed by atoms with E-state index in [1.165, 1.54) is 89.7 Å². The van der Waals surface area contributed by atoms with Gasteiger partial charge in [0.05, 0.1) is 11.6 Å². The van der Waals surface area contributed by atoms with Gasteiger partial charge in [-0.15, -0.1) is 22.7 Å². The van der Waals surface area contributed by atoms with E-state index in [1.807, 2.05) is 18.2 Å². The van der Waals surface area contributed by atoms with Gasteiger partial charge in [-0.3, -0.25) is 4.79 Å². The van der Waals surface area contributed by atoms with Crippen LogP contribution in [-0.2, 0) is 18.9 Å². The van der Waals surface area contributed by atoms with Crippen molar-refractivity contribution in [2.75, 3.05) is 44.6 Å². The van der Waals surface area contributed by atoms with Crippen molar-refractivity contribution in [3.8, 4) is 6.07 Å². The van der Waals surface area contributed by atoms with Gasteiger partial charge in [0, 0.05) is 15.1 Å². The first kappa shape index (κ1) is 40.7. The predicted molar refractivity (Wildman–Crippen MR) is 196 cm³/mol. The Balaban J connectivity index is 0.000000210. The second-order valence-electron chi connectivity index (χ2n) is 11.7. The second kappa shape index (κ2) is 19.6. The molecule has 16 heteroatoms. The molecule has 0 bridgehead atoms. The van der Waals surface area contributed by atoms with E-state index in [0.717, 1.165) is 24.2 Å². The lowest BCUT2D eigenvalue weighted by molar-refractivity contribution is -0.159. The standard InChI is InChI=1S/C16H20N2OS.C16H18N2S.C2H2O4.H3O4P/c1-2-18-7-5-12(6-8-18)15-10-20-16-9-13(17-11-19)3-4-14(15)16;1-2-18-7-5-13(6-8-18)15-11-19-16-9-12(10-17)3-4-14(15)16;3-1(4)2(5)6;1-5(2,3)4/h3-4,9-12H,2,5-8H2,1H3,(H,17,19);3-4,9,11,13H,2,5-8H2,1H3;(H,3,4)(H,5,6);(H3,1,2,3,4). The fourth-order valence-electron chi connectivity index (χ4n) is 6.08. The topological polar surface area (TPSA) is 212 Å². The van der Waals surface area contributed by atoms with Crippen LogP contribution < -0.4 is 5.32 Å². The van der Waals surface area contributed by atoms with E-state index >= 15 is 0 Å². The third-order valence-corrected chi connectivity index (χ3v) is 10.6. The summed E-state index contributed by atoms with van der Waals surface area (Å²) in [5, 5.41) is 33.8. The van der Waals surface area contributed by atoms with Crippen LogP contribution in [0.3, 0.4) is 0 Å². The Morgan fingerprint density at radius 1 is 0.840 bits per heavy atom. The first-order chi connectivity index (χ1) is 23.8. The first-order valence-corrected chi connectivity index (χ1v) is 19.4.